The number of anilines is 1. The number of carbonyl (C=O) groups excluding carboxylic acids is 1. The summed E-state index contributed by atoms with van der Waals surface area (Å²) in [4.78, 5) is 23.9. The first-order chi connectivity index (χ1) is 8.27. The van der Waals surface area contributed by atoms with Crippen molar-refractivity contribution in [2.75, 3.05) is 18.0 Å². The Balaban J connectivity index is 2.34. The Labute approximate surface area is 99.8 Å². The Hall–Kier alpha value is -1.65. The van der Waals surface area contributed by atoms with Crippen molar-refractivity contribution in [3.05, 3.63) is 22.5 Å². The second-order valence-electron chi connectivity index (χ2n) is 4.27. The van der Waals surface area contributed by atoms with Crippen LogP contribution in [0.3, 0.4) is 0 Å². The lowest BCUT2D eigenvalue weighted by Crippen LogP contribution is -2.18. The van der Waals surface area contributed by atoms with E-state index in [0.29, 0.717) is 0 Å². The fraction of sp³-hybridized carbons (Fsp3) is 0.583. The number of rotatable bonds is 4. The van der Waals surface area contributed by atoms with E-state index in [1.54, 1.807) is 6.26 Å². The van der Waals surface area contributed by atoms with Crippen molar-refractivity contribution in [1.29, 1.82) is 0 Å². The van der Waals surface area contributed by atoms with E-state index in [4.69, 9.17) is 4.42 Å². The third-order valence-corrected chi connectivity index (χ3v) is 3.10. The lowest BCUT2D eigenvalue weighted by molar-refractivity contribution is 0.0973. The molecule has 2 heterocycles. The van der Waals surface area contributed by atoms with Gasteiger partial charge in [-0.2, -0.15) is 0 Å². The molecule has 5 nitrogen and oxygen atoms in total. The predicted molar refractivity (Wildman–Crippen MR) is 64.3 cm³/mol. The van der Waals surface area contributed by atoms with Crippen LogP contribution in [0.5, 0.6) is 0 Å². The first kappa shape index (κ1) is 11.8. The van der Waals surface area contributed by atoms with Crippen LogP contribution in [0.1, 0.15) is 42.3 Å². The Kier molecular flexibility index (Phi) is 3.56. The second kappa shape index (κ2) is 5.12. The summed E-state index contributed by atoms with van der Waals surface area (Å²) in [5.74, 6) is -0.692. The molecule has 0 bridgehead atoms. The molecule has 1 amide bonds. The van der Waals surface area contributed by atoms with Crippen LogP contribution in [0.15, 0.2) is 15.9 Å². The molecule has 1 aliphatic heterocycles. The average Bonchev–Trinajstić information content (AvgIpc) is 2.96. The maximum atomic E-state index is 11.3. The quantitative estimate of drug-likeness (QED) is 0.754. The molecule has 92 valence electrons. The topological polar surface area (TPSA) is 62.9 Å². The van der Waals surface area contributed by atoms with E-state index in [0.717, 1.165) is 50.0 Å². The Bertz CT molecular complexity index is 419. The highest BCUT2D eigenvalue weighted by Crippen LogP contribution is 2.30. The summed E-state index contributed by atoms with van der Waals surface area (Å²) < 4.78 is 5.23. The Morgan fingerprint density at radius 3 is 2.76 bits per heavy atom. The van der Waals surface area contributed by atoms with Crippen molar-refractivity contribution < 1.29 is 9.21 Å². The number of carbonyl (C=O) groups is 1. The van der Waals surface area contributed by atoms with Crippen LogP contribution in [0.25, 0.3) is 0 Å². The van der Waals surface area contributed by atoms with Crippen molar-refractivity contribution >= 4 is 11.6 Å². The third-order valence-electron chi connectivity index (χ3n) is 3.10. The molecule has 1 fully saturated rings. The van der Waals surface area contributed by atoms with Gasteiger partial charge in [0.2, 0.25) is 5.76 Å². The summed E-state index contributed by atoms with van der Waals surface area (Å²) in [6, 6.07) is 0. The molecule has 0 saturated carbocycles. The smallest absolute Gasteiger partial charge is 0.352 e. The number of hydrogen-bond acceptors (Lipinski definition) is 4. The lowest BCUT2D eigenvalue weighted by Gasteiger charge is -2.16. The minimum atomic E-state index is -0.807. The van der Waals surface area contributed by atoms with Crippen LogP contribution < -0.4 is 4.90 Å². The highest BCUT2D eigenvalue weighted by Gasteiger charge is 2.24. The number of nitroso groups, excluding NO2 is 1. The average molecular weight is 236 g/mol. The van der Waals surface area contributed by atoms with Crippen LogP contribution in [0.4, 0.5) is 5.69 Å². The molecular weight excluding hydrogens is 220 g/mol. The van der Waals surface area contributed by atoms with Crippen LogP contribution in [0, 0.1) is 4.91 Å². The largest absolute Gasteiger partial charge is 0.456 e. The molecule has 1 aromatic heterocycles. The van der Waals surface area contributed by atoms with Crippen molar-refractivity contribution in [3.63, 3.8) is 0 Å². The van der Waals surface area contributed by atoms with Crippen molar-refractivity contribution in [3.8, 4) is 0 Å². The molecule has 0 N–H and O–H groups in total. The van der Waals surface area contributed by atoms with Crippen molar-refractivity contribution in [1.82, 2.24) is 0 Å². The molecule has 17 heavy (non-hydrogen) atoms. The summed E-state index contributed by atoms with van der Waals surface area (Å²) in [5.41, 5.74) is 1.79. The molecule has 0 unspecified atom stereocenters. The monoisotopic (exact) mass is 236 g/mol. The summed E-state index contributed by atoms with van der Waals surface area (Å²) in [6.45, 7) is 4.00. The maximum Gasteiger partial charge on any atom is 0.352 e. The molecule has 2 rings (SSSR count). The zero-order valence-electron chi connectivity index (χ0n) is 9.94. The fourth-order valence-electron chi connectivity index (χ4n) is 2.31. The van der Waals surface area contributed by atoms with Gasteiger partial charge in [-0.1, -0.05) is 13.3 Å². The molecule has 0 radical (unpaired) electrons. The molecule has 0 atom stereocenters. The van der Waals surface area contributed by atoms with E-state index in [1.807, 2.05) is 6.92 Å². The molecule has 0 aromatic carbocycles. The van der Waals surface area contributed by atoms with Crippen LogP contribution >= 0.6 is 0 Å². The zero-order valence-corrected chi connectivity index (χ0v) is 9.94. The third kappa shape index (κ3) is 2.23. The summed E-state index contributed by atoms with van der Waals surface area (Å²) in [7, 11) is 0. The molecule has 0 aliphatic carbocycles. The van der Waals surface area contributed by atoms with E-state index in [9.17, 15) is 9.70 Å². The van der Waals surface area contributed by atoms with E-state index < -0.39 is 5.91 Å². The van der Waals surface area contributed by atoms with Crippen molar-refractivity contribution in [2.45, 2.75) is 32.6 Å². The Morgan fingerprint density at radius 1 is 1.47 bits per heavy atom. The number of amides is 1. The number of furan rings is 1. The summed E-state index contributed by atoms with van der Waals surface area (Å²) in [6.07, 6.45) is 5.53. The standard InChI is InChI=1S/C12H16N2O3/c1-2-5-9-10(14-6-3-4-7-14)8-17-11(9)12(15)13-16/h8H,2-7H2,1H3. The fourth-order valence-corrected chi connectivity index (χ4v) is 2.31. The van der Waals surface area contributed by atoms with E-state index in [1.165, 1.54) is 0 Å². The zero-order chi connectivity index (χ0) is 12.3. The molecule has 5 heteroatoms. The van der Waals surface area contributed by atoms with E-state index in [2.05, 4.69) is 10.1 Å². The molecule has 1 aromatic rings. The molecule has 1 aliphatic rings. The highest BCUT2D eigenvalue weighted by atomic mass is 16.4. The van der Waals surface area contributed by atoms with Crippen LogP contribution in [-0.4, -0.2) is 19.0 Å². The molecular formula is C12H16N2O3. The van der Waals surface area contributed by atoms with E-state index >= 15 is 0 Å². The molecule has 1 saturated heterocycles. The van der Waals surface area contributed by atoms with Gasteiger partial charge in [-0.25, -0.2) is 0 Å². The van der Waals surface area contributed by atoms with Gasteiger partial charge in [-0.05, 0) is 19.3 Å². The minimum absolute atomic E-state index is 0.115. The SMILES string of the molecule is CCCc1c(N2CCCC2)coc1C(=O)N=O. The highest BCUT2D eigenvalue weighted by molar-refractivity contribution is 5.95. The summed E-state index contributed by atoms with van der Waals surface area (Å²) in [5, 5.41) is 2.44. The van der Waals surface area contributed by atoms with Gasteiger partial charge in [0.05, 0.1) is 5.69 Å². The van der Waals surface area contributed by atoms with Gasteiger partial charge in [0.1, 0.15) is 6.26 Å². The van der Waals surface area contributed by atoms with E-state index in [-0.39, 0.29) is 5.76 Å². The van der Waals surface area contributed by atoms with Crippen molar-refractivity contribution in [2.24, 2.45) is 5.18 Å². The van der Waals surface area contributed by atoms with Crippen LogP contribution in [-0.2, 0) is 6.42 Å². The summed E-state index contributed by atoms with van der Waals surface area (Å²) >= 11 is 0. The first-order valence-electron chi connectivity index (χ1n) is 6.01. The van der Waals surface area contributed by atoms with Gasteiger partial charge in [-0.15, -0.1) is 4.91 Å². The number of hydrogen-bond donors (Lipinski definition) is 0. The minimum Gasteiger partial charge on any atom is -0.456 e. The number of nitrogens with zero attached hydrogens (tertiary/aromatic N) is 2. The Morgan fingerprint density at radius 2 is 2.18 bits per heavy atom. The van der Waals surface area contributed by atoms with Crippen LogP contribution in [0.2, 0.25) is 0 Å². The second-order valence-corrected chi connectivity index (χ2v) is 4.27. The lowest BCUT2D eigenvalue weighted by atomic mass is 10.1. The normalized spacial score (nSPS) is 15.2. The van der Waals surface area contributed by atoms with Gasteiger partial charge >= 0.3 is 5.91 Å². The maximum absolute atomic E-state index is 11.3. The van der Waals surface area contributed by atoms with Gasteiger partial charge in [0.15, 0.2) is 0 Å². The van der Waals surface area contributed by atoms with Gasteiger partial charge in [0.25, 0.3) is 0 Å². The van der Waals surface area contributed by atoms with Gasteiger partial charge < -0.3 is 9.32 Å². The first-order valence-corrected chi connectivity index (χ1v) is 6.01. The molecule has 0 spiro atoms. The van der Waals surface area contributed by atoms with Gasteiger partial charge in [-0.3, -0.25) is 4.79 Å². The predicted octanol–water partition coefficient (Wildman–Crippen LogP) is 2.74. The van der Waals surface area contributed by atoms with Gasteiger partial charge in [0, 0.05) is 23.8 Å².